The number of carboxylic acids is 1. The fraction of sp³-hybridized carbons (Fsp3) is 0.429. The number of carbonyl (C=O) groups excluding carboxylic acids is 1. The number of nitrogens with zero attached hydrogens (tertiary/aromatic N) is 2. The van der Waals surface area contributed by atoms with Crippen LogP contribution in [0.4, 0.5) is 10.5 Å². The highest BCUT2D eigenvalue weighted by molar-refractivity contribution is 6.30. The van der Waals surface area contributed by atoms with Crippen molar-refractivity contribution >= 4 is 29.3 Å². The van der Waals surface area contributed by atoms with Crippen LogP contribution in [0.25, 0.3) is 0 Å². The molecule has 2 amide bonds. The highest BCUT2D eigenvalue weighted by atomic mass is 35.5. The molecule has 21 heavy (non-hydrogen) atoms. The number of carboxylic acid groups (broad SMARTS) is 1. The lowest BCUT2D eigenvalue weighted by Gasteiger charge is -2.27. The third kappa shape index (κ3) is 3.86. The molecule has 1 unspecified atom stereocenters. The van der Waals surface area contributed by atoms with Crippen LogP contribution in [0, 0.1) is 0 Å². The van der Waals surface area contributed by atoms with Gasteiger partial charge in [-0.1, -0.05) is 17.7 Å². The third-order valence-corrected chi connectivity index (χ3v) is 3.60. The third-order valence-electron chi connectivity index (χ3n) is 3.37. The molecule has 1 aromatic rings. The lowest BCUT2D eigenvalue weighted by Crippen LogP contribution is -2.46. The molecule has 0 aromatic heterocycles. The second-order valence-electron chi connectivity index (χ2n) is 5.41. The molecule has 7 heteroatoms. The summed E-state index contributed by atoms with van der Waals surface area (Å²) in [6, 6.07) is 6.02. The van der Waals surface area contributed by atoms with E-state index in [4.69, 9.17) is 16.7 Å². The first-order valence-electron chi connectivity index (χ1n) is 6.55. The summed E-state index contributed by atoms with van der Waals surface area (Å²) in [4.78, 5) is 26.1. The Morgan fingerprint density at radius 1 is 1.48 bits per heavy atom. The highest BCUT2D eigenvalue weighted by Crippen LogP contribution is 2.25. The van der Waals surface area contributed by atoms with E-state index in [1.807, 2.05) is 0 Å². The molecule has 1 aliphatic rings. The first-order valence-corrected chi connectivity index (χ1v) is 6.92. The molecule has 0 saturated carbocycles. The lowest BCUT2D eigenvalue weighted by atomic mass is 10.1. The summed E-state index contributed by atoms with van der Waals surface area (Å²) in [6.45, 7) is 1.77. The van der Waals surface area contributed by atoms with Crippen molar-refractivity contribution < 1.29 is 19.8 Å². The molecule has 1 atom stereocenters. The second-order valence-corrected chi connectivity index (χ2v) is 5.85. The van der Waals surface area contributed by atoms with Crippen molar-refractivity contribution in [3.8, 4) is 0 Å². The van der Waals surface area contributed by atoms with Crippen LogP contribution < -0.4 is 4.90 Å². The van der Waals surface area contributed by atoms with E-state index in [2.05, 4.69) is 0 Å². The molecule has 114 valence electrons. The maximum atomic E-state index is 12.5. The zero-order valence-electron chi connectivity index (χ0n) is 11.6. The number of aliphatic carboxylic acids is 1. The smallest absolute Gasteiger partial charge is 0.325 e. The summed E-state index contributed by atoms with van der Waals surface area (Å²) in [5, 5.41) is 19.4. The number of hydrogen-bond acceptors (Lipinski definition) is 3. The van der Waals surface area contributed by atoms with Crippen LogP contribution in [0.15, 0.2) is 24.3 Å². The van der Waals surface area contributed by atoms with E-state index in [0.717, 1.165) is 4.90 Å². The SMILES string of the molecule is CC1(O)CCN(C(=O)N(CC(=O)O)c2cccc(Cl)c2)C1. The number of halogens is 1. The van der Waals surface area contributed by atoms with Crippen LogP contribution in [0.2, 0.25) is 5.02 Å². The van der Waals surface area contributed by atoms with Crippen molar-refractivity contribution in [2.24, 2.45) is 0 Å². The number of benzene rings is 1. The normalized spacial score (nSPS) is 21.4. The molecule has 1 heterocycles. The van der Waals surface area contributed by atoms with Crippen molar-refractivity contribution in [2.45, 2.75) is 18.9 Å². The van der Waals surface area contributed by atoms with Gasteiger partial charge in [-0.2, -0.15) is 0 Å². The van der Waals surface area contributed by atoms with Crippen LogP contribution in [-0.4, -0.2) is 52.3 Å². The van der Waals surface area contributed by atoms with Gasteiger partial charge < -0.3 is 15.1 Å². The molecular weight excluding hydrogens is 296 g/mol. The van der Waals surface area contributed by atoms with E-state index >= 15 is 0 Å². The van der Waals surface area contributed by atoms with Crippen LogP contribution in [0.1, 0.15) is 13.3 Å². The average molecular weight is 313 g/mol. The second kappa shape index (κ2) is 5.91. The maximum absolute atomic E-state index is 12.5. The minimum Gasteiger partial charge on any atom is -0.480 e. The average Bonchev–Trinajstić information content (AvgIpc) is 2.75. The monoisotopic (exact) mass is 312 g/mol. The number of likely N-dealkylation sites (tertiary alicyclic amines) is 1. The van der Waals surface area contributed by atoms with Gasteiger partial charge in [-0.05, 0) is 31.5 Å². The molecule has 1 saturated heterocycles. The molecule has 2 N–H and O–H groups in total. The first-order chi connectivity index (χ1) is 9.78. The molecule has 6 nitrogen and oxygen atoms in total. The lowest BCUT2D eigenvalue weighted by molar-refractivity contribution is -0.135. The Labute approximate surface area is 127 Å². The van der Waals surface area contributed by atoms with E-state index in [9.17, 15) is 14.7 Å². The van der Waals surface area contributed by atoms with Gasteiger partial charge in [0.2, 0.25) is 0 Å². The largest absolute Gasteiger partial charge is 0.480 e. The van der Waals surface area contributed by atoms with Gasteiger partial charge in [0.25, 0.3) is 0 Å². The number of amides is 2. The zero-order valence-corrected chi connectivity index (χ0v) is 12.4. The molecule has 1 fully saturated rings. The van der Waals surface area contributed by atoms with Gasteiger partial charge in [0, 0.05) is 17.3 Å². The van der Waals surface area contributed by atoms with E-state index < -0.39 is 24.1 Å². The zero-order chi connectivity index (χ0) is 15.6. The number of carbonyl (C=O) groups is 2. The van der Waals surface area contributed by atoms with Gasteiger partial charge in [-0.15, -0.1) is 0 Å². The molecule has 1 aromatic carbocycles. The number of anilines is 1. The number of hydrogen-bond donors (Lipinski definition) is 2. The van der Waals surface area contributed by atoms with Gasteiger partial charge in [-0.3, -0.25) is 9.69 Å². The van der Waals surface area contributed by atoms with Gasteiger partial charge in [0.1, 0.15) is 6.54 Å². The predicted octanol–water partition coefficient (Wildman–Crippen LogP) is 1.81. The fourth-order valence-corrected chi connectivity index (χ4v) is 2.51. The van der Waals surface area contributed by atoms with Gasteiger partial charge in [0.15, 0.2) is 0 Å². The summed E-state index contributed by atoms with van der Waals surface area (Å²) in [7, 11) is 0. The molecule has 0 bridgehead atoms. The van der Waals surface area contributed by atoms with Crippen molar-refractivity contribution in [1.82, 2.24) is 4.90 Å². The minimum absolute atomic E-state index is 0.183. The van der Waals surface area contributed by atoms with E-state index in [1.54, 1.807) is 25.1 Å². The van der Waals surface area contributed by atoms with Crippen LogP contribution in [-0.2, 0) is 4.79 Å². The van der Waals surface area contributed by atoms with Crippen molar-refractivity contribution in [3.63, 3.8) is 0 Å². The number of aliphatic hydroxyl groups is 1. The van der Waals surface area contributed by atoms with Crippen LogP contribution in [0.5, 0.6) is 0 Å². The highest BCUT2D eigenvalue weighted by Gasteiger charge is 2.36. The maximum Gasteiger partial charge on any atom is 0.325 e. The van der Waals surface area contributed by atoms with Crippen LogP contribution in [0.3, 0.4) is 0 Å². The number of β-amino-alcohol motifs (C(OH)–C–C–N with tert-alkyl or cyclic N) is 1. The Balaban J connectivity index is 2.24. The first kappa shape index (κ1) is 15.6. The summed E-state index contributed by atoms with van der Waals surface area (Å²) >= 11 is 5.90. The summed E-state index contributed by atoms with van der Waals surface area (Å²) < 4.78 is 0. The molecular formula is C14H17ClN2O4. The number of urea groups is 1. The quantitative estimate of drug-likeness (QED) is 0.892. The minimum atomic E-state index is -1.12. The summed E-state index contributed by atoms with van der Waals surface area (Å²) in [5.41, 5.74) is -0.514. The van der Waals surface area contributed by atoms with Crippen molar-refractivity contribution in [2.75, 3.05) is 24.5 Å². The molecule has 0 spiro atoms. The molecule has 2 rings (SSSR count). The summed E-state index contributed by atoms with van der Waals surface area (Å²) in [5.74, 6) is -1.12. The summed E-state index contributed by atoms with van der Waals surface area (Å²) in [6.07, 6.45) is 0.467. The molecule has 0 aliphatic carbocycles. The Morgan fingerprint density at radius 2 is 2.19 bits per heavy atom. The molecule has 1 aliphatic heterocycles. The van der Waals surface area contributed by atoms with Crippen LogP contribution >= 0.6 is 11.6 Å². The fourth-order valence-electron chi connectivity index (χ4n) is 2.33. The Hall–Kier alpha value is -1.79. The van der Waals surface area contributed by atoms with E-state index in [0.29, 0.717) is 23.7 Å². The van der Waals surface area contributed by atoms with Gasteiger partial charge in [-0.25, -0.2) is 4.79 Å². The Kier molecular flexibility index (Phi) is 4.39. The van der Waals surface area contributed by atoms with Gasteiger partial charge in [0.05, 0.1) is 12.1 Å². The van der Waals surface area contributed by atoms with Crippen molar-refractivity contribution in [3.05, 3.63) is 29.3 Å². The standard InChI is InChI=1S/C14H17ClN2O4/c1-14(21)5-6-16(9-14)13(20)17(8-12(18)19)11-4-2-3-10(15)7-11/h2-4,7,21H,5-6,8-9H2,1H3,(H,18,19). The van der Waals surface area contributed by atoms with E-state index in [1.165, 1.54) is 11.0 Å². The van der Waals surface area contributed by atoms with Gasteiger partial charge >= 0.3 is 12.0 Å². The molecule has 0 radical (unpaired) electrons. The topological polar surface area (TPSA) is 81.1 Å². The van der Waals surface area contributed by atoms with Crippen molar-refractivity contribution in [1.29, 1.82) is 0 Å². The van der Waals surface area contributed by atoms with E-state index in [-0.39, 0.29) is 6.54 Å². The Morgan fingerprint density at radius 3 is 2.71 bits per heavy atom. The predicted molar refractivity (Wildman–Crippen MR) is 78.6 cm³/mol. The number of rotatable bonds is 3. The Bertz CT molecular complexity index is 562.